The maximum absolute atomic E-state index is 9.95. The molecule has 54 valence electrons. The summed E-state index contributed by atoms with van der Waals surface area (Å²) in [6.07, 6.45) is 2.40. The van der Waals surface area contributed by atoms with E-state index in [9.17, 15) is 4.79 Å². The van der Waals surface area contributed by atoms with E-state index in [4.69, 9.17) is 5.26 Å². The van der Waals surface area contributed by atoms with Crippen LogP contribution in [-0.4, -0.2) is 13.0 Å². The van der Waals surface area contributed by atoms with E-state index in [-0.39, 0.29) is 5.91 Å². The number of hydrogen-bond acceptors (Lipinski definition) is 2. The molecule has 0 saturated carbocycles. The van der Waals surface area contributed by atoms with Crippen LogP contribution in [-0.2, 0) is 4.79 Å². The second-order valence-electron chi connectivity index (χ2n) is 1.15. The summed E-state index contributed by atoms with van der Waals surface area (Å²) in [5, 5.41) is 9.86. The van der Waals surface area contributed by atoms with Gasteiger partial charge in [0.2, 0.25) is 5.91 Å². The molecule has 0 aromatic rings. The number of nitrogens with one attached hydrogen (secondary N) is 1. The Balaban J connectivity index is 0. The lowest BCUT2D eigenvalue weighted by atomic mass is 10.6. The molecule has 3 heteroatoms. The Hall–Kier alpha value is -1.56. The quantitative estimate of drug-likeness (QED) is 0.426. The van der Waals surface area contributed by atoms with Crippen LogP contribution in [0.15, 0.2) is 25.3 Å². The van der Waals surface area contributed by atoms with E-state index in [0.29, 0.717) is 0 Å². The van der Waals surface area contributed by atoms with E-state index in [2.05, 4.69) is 18.5 Å². The number of allylic oxidation sites excluding steroid dienone is 1. The van der Waals surface area contributed by atoms with Gasteiger partial charge in [0, 0.05) is 13.1 Å². The highest BCUT2D eigenvalue weighted by Gasteiger charge is 1.78. The normalized spacial score (nSPS) is 5.60. The minimum atomic E-state index is -0.144. The fraction of sp³-hybridized carbons (Fsp3) is 0.143. The second-order valence-corrected chi connectivity index (χ2v) is 1.15. The molecule has 0 aromatic carbocycles. The van der Waals surface area contributed by atoms with Gasteiger partial charge in [-0.3, -0.25) is 4.79 Å². The third-order valence-corrected chi connectivity index (χ3v) is 0.523. The molecule has 1 N–H and O–H groups in total. The molecule has 0 fully saturated rings. The van der Waals surface area contributed by atoms with Crippen molar-refractivity contribution in [3.05, 3.63) is 25.3 Å². The molecule has 0 aliphatic heterocycles. The SMILES string of the molecule is C=CC#N.C=CC(=O)NC. The minimum Gasteiger partial charge on any atom is -0.356 e. The Morgan fingerprint density at radius 3 is 2.10 bits per heavy atom. The summed E-state index contributed by atoms with van der Waals surface area (Å²) in [6.45, 7) is 6.34. The number of hydrogen-bond donors (Lipinski definition) is 1. The Labute approximate surface area is 60.7 Å². The smallest absolute Gasteiger partial charge is 0.243 e. The first kappa shape index (κ1) is 11.3. The predicted molar refractivity (Wildman–Crippen MR) is 40.1 cm³/mol. The number of carbonyl (C=O) groups is 1. The largest absolute Gasteiger partial charge is 0.356 e. The highest BCUT2D eigenvalue weighted by Crippen LogP contribution is 1.56. The molecule has 0 atom stereocenters. The van der Waals surface area contributed by atoms with Crippen LogP contribution in [0.25, 0.3) is 0 Å². The van der Waals surface area contributed by atoms with Gasteiger partial charge in [0.25, 0.3) is 0 Å². The zero-order valence-corrected chi connectivity index (χ0v) is 5.92. The van der Waals surface area contributed by atoms with E-state index in [1.165, 1.54) is 12.2 Å². The van der Waals surface area contributed by atoms with Crippen molar-refractivity contribution in [2.24, 2.45) is 0 Å². The molecule has 0 aromatic heterocycles. The molecule has 0 bridgehead atoms. The lowest BCUT2D eigenvalue weighted by Crippen LogP contribution is -2.13. The van der Waals surface area contributed by atoms with Gasteiger partial charge in [-0.25, -0.2) is 0 Å². The Morgan fingerprint density at radius 1 is 1.70 bits per heavy atom. The molecular weight excluding hydrogens is 128 g/mol. The van der Waals surface area contributed by atoms with Crippen LogP contribution < -0.4 is 5.32 Å². The van der Waals surface area contributed by atoms with Gasteiger partial charge in [0.1, 0.15) is 0 Å². The van der Waals surface area contributed by atoms with Crippen molar-refractivity contribution in [3.8, 4) is 6.07 Å². The fourth-order valence-electron chi connectivity index (χ4n) is 0.102. The summed E-state index contributed by atoms with van der Waals surface area (Å²) in [6, 6.07) is 1.69. The van der Waals surface area contributed by atoms with E-state index in [1.54, 1.807) is 13.1 Å². The molecule has 0 aliphatic rings. The van der Waals surface area contributed by atoms with Crippen LogP contribution in [0.4, 0.5) is 0 Å². The standard InChI is InChI=1S/C4H7NO.C3H3N/c1-3-4(6)5-2;1-2-3-4/h3H,1H2,2H3,(H,5,6);2H,1H2. The highest BCUT2D eigenvalue weighted by molar-refractivity contribution is 5.86. The van der Waals surface area contributed by atoms with Gasteiger partial charge < -0.3 is 5.32 Å². The lowest BCUT2D eigenvalue weighted by molar-refractivity contribution is -0.116. The number of likely N-dealkylation sites (N-methyl/N-ethyl adjacent to an activating group) is 1. The average Bonchev–Trinajstić information content (AvgIpc) is 2.03. The Bertz CT molecular complexity index is 155. The summed E-state index contributed by atoms with van der Waals surface area (Å²) < 4.78 is 0. The van der Waals surface area contributed by atoms with Crippen molar-refractivity contribution in [2.75, 3.05) is 7.05 Å². The van der Waals surface area contributed by atoms with Crippen LogP contribution in [0, 0.1) is 11.3 Å². The van der Waals surface area contributed by atoms with Gasteiger partial charge in [-0.15, -0.1) is 0 Å². The van der Waals surface area contributed by atoms with Crippen molar-refractivity contribution in [2.45, 2.75) is 0 Å². The predicted octanol–water partition coefficient (Wildman–Crippen LogP) is 0.614. The molecule has 0 saturated heterocycles. The molecule has 0 radical (unpaired) electrons. The maximum atomic E-state index is 9.95. The van der Waals surface area contributed by atoms with E-state index < -0.39 is 0 Å². The third kappa shape index (κ3) is 16.1. The van der Waals surface area contributed by atoms with Crippen LogP contribution in [0.2, 0.25) is 0 Å². The number of nitriles is 1. The van der Waals surface area contributed by atoms with Crippen LogP contribution >= 0.6 is 0 Å². The molecule has 0 rings (SSSR count). The Morgan fingerprint density at radius 2 is 2.10 bits per heavy atom. The maximum Gasteiger partial charge on any atom is 0.243 e. The zero-order chi connectivity index (χ0) is 8.41. The van der Waals surface area contributed by atoms with Crippen molar-refractivity contribution >= 4 is 5.91 Å². The topological polar surface area (TPSA) is 52.9 Å². The minimum absolute atomic E-state index is 0.144. The number of nitrogens with zero attached hydrogens (tertiary/aromatic N) is 1. The van der Waals surface area contributed by atoms with E-state index >= 15 is 0 Å². The van der Waals surface area contributed by atoms with Crippen LogP contribution in [0.5, 0.6) is 0 Å². The first-order valence-corrected chi connectivity index (χ1v) is 2.57. The second kappa shape index (κ2) is 10.4. The molecule has 3 nitrogen and oxygen atoms in total. The zero-order valence-electron chi connectivity index (χ0n) is 5.92. The summed E-state index contributed by atoms with van der Waals surface area (Å²) in [7, 11) is 1.56. The first-order chi connectivity index (χ1) is 4.72. The van der Waals surface area contributed by atoms with Gasteiger partial charge in [-0.05, 0) is 6.08 Å². The van der Waals surface area contributed by atoms with Crippen molar-refractivity contribution in [1.82, 2.24) is 5.32 Å². The average molecular weight is 138 g/mol. The number of carbonyl (C=O) groups excluding carboxylic acids is 1. The molecule has 0 unspecified atom stereocenters. The van der Waals surface area contributed by atoms with Gasteiger partial charge in [0.15, 0.2) is 0 Å². The van der Waals surface area contributed by atoms with E-state index in [1.807, 2.05) is 0 Å². The van der Waals surface area contributed by atoms with Gasteiger partial charge in [-0.1, -0.05) is 13.2 Å². The molecule has 10 heavy (non-hydrogen) atoms. The van der Waals surface area contributed by atoms with Crippen molar-refractivity contribution < 1.29 is 4.79 Å². The van der Waals surface area contributed by atoms with Crippen molar-refractivity contribution in [1.29, 1.82) is 5.26 Å². The molecule has 0 aliphatic carbocycles. The van der Waals surface area contributed by atoms with Gasteiger partial charge >= 0.3 is 0 Å². The summed E-state index contributed by atoms with van der Waals surface area (Å²) in [5.74, 6) is -0.144. The fourth-order valence-corrected chi connectivity index (χ4v) is 0.102. The Kier molecular flexibility index (Phi) is 11.7. The number of rotatable bonds is 1. The first-order valence-electron chi connectivity index (χ1n) is 2.57. The monoisotopic (exact) mass is 138 g/mol. The third-order valence-electron chi connectivity index (χ3n) is 0.523. The van der Waals surface area contributed by atoms with Crippen LogP contribution in [0.3, 0.4) is 0 Å². The summed E-state index contributed by atoms with van der Waals surface area (Å²) in [4.78, 5) is 9.95. The van der Waals surface area contributed by atoms with Crippen molar-refractivity contribution in [3.63, 3.8) is 0 Å². The molecule has 1 amide bonds. The van der Waals surface area contributed by atoms with E-state index in [0.717, 1.165) is 0 Å². The van der Waals surface area contributed by atoms with Gasteiger partial charge in [-0.2, -0.15) is 5.26 Å². The molecular formula is C7H10N2O. The molecule has 0 spiro atoms. The summed E-state index contributed by atoms with van der Waals surface area (Å²) in [5.41, 5.74) is 0. The summed E-state index contributed by atoms with van der Waals surface area (Å²) >= 11 is 0. The van der Waals surface area contributed by atoms with Crippen LogP contribution in [0.1, 0.15) is 0 Å². The molecule has 0 heterocycles. The highest BCUT2D eigenvalue weighted by atomic mass is 16.1. The lowest BCUT2D eigenvalue weighted by Gasteiger charge is -1.82. The van der Waals surface area contributed by atoms with Gasteiger partial charge in [0.05, 0.1) is 6.07 Å². The number of amides is 1.